The van der Waals surface area contributed by atoms with Crippen molar-refractivity contribution in [1.29, 1.82) is 0 Å². The zero-order valence-electron chi connectivity index (χ0n) is 23.1. The molecule has 2 aromatic carbocycles. The number of pyridine rings is 1. The third kappa shape index (κ3) is 6.12. The first-order chi connectivity index (χ1) is 19.3. The number of carbonyl (C=O) groups is 1. The molecule has 40 heavy (non-hydrogen) atoms. The number of anilines is 1. The van der Waals surface area contributed by atoms with Gasteiger partial charge < -0.3 is 20.1 Å². The summed E-state index contributed by atoms with van der Waals surface area (Å²) in [5.74, 6) is -1.47. The lowest BCUT2D eigenvalue weighted by Gasteiger charge is -2.38. The zero-order chi connectivity index (χ0) is 28.2. The van der Waals surface area contributed by atoms with Gasteiger partial charge in [-0.05, 0) is 92.9 Å². The molecular formula is C32H37F2N3O3. The average Bonchev–Trinajstić information content (AvgIpc) is 2.97. The molecule has 1 aromatic heterocycles. The Hall–Kier alpha value is -3.52. The Labute approximate surface area is 234 Å². The number of hydrogen-bond donors (Lipinski definition) is 2. The molecule has 0 amide bonds. The number of carboxylic acids is 1. The Kier molecular flexibility index (Phi) is 8.64. The minimum atomic E-state index is -0.778. The van der Waals surface area contributed by atoms with E-state index < -0.39 is 17.6 Å². The molecule has 0 spiro atoms. The van der Waals surface area contributed by atoms with Gasteiger partial charge in [0.1, 0.15) is 18.2 Å². The summed E-state index contributed by atoms with van der Waals surface area (Å²) in [6, 6.07) is 13.9. The van der Waals surface area contributed by atoms with Crippen molar-refractivity contribution in [2.75, 3.05) is 24.5 Å². The maximum Gasteiger partial charge on any atom is 0.306 e. The van der Waals surface area contributed by atoms with Gasteiger partial charge in [-0.15, -0.1) is 0 Å². The second-order valence-corrected chi connectivity index (χ2v) is 11.0. The predicted octanol–water partition coefficient (Wildman–Crippen LogP) is 6.46. The van der Waals surface area contributed by atoms with Crippen LogP contribution in [0.2, 0.25) is 0 Å². The second kappa shape index (κ2) is 12.3. The minimum Gasteiger partial charge on any atom is -0.485 e. The Morgan fingerprint density at radius 2 is 1.93 bits per heavy atom. The van der Waals surface area contributed by atoms with Crippen LogP contribution in [-0.2, 0) is 11.4 Å². The van der Waals surface area contributed by atoms with Crippen LogP contribution in [0.3, 0.4) is 0 Å². The van der Waals surface area contributed by atoms with Crippen molar-refractivity contribution in [1.82, 2.24) is 10.3 Å². The summed E-state index contributed by atoms with van der Waals surface area (Å²) in [4.78, 5) is 18.4. The van der Waals surface area contributed by atoms with Gasteiger partial charge in [-0.1, -0.05) is 31.2 Å². The zero-order valence-corrected chi connectivity index (χ0v) is 23.1. The van der Waals surface area contributed by atoms with Crippen molar-refractivity contribution >= 4 is 11.8 Å². The first-order valence-corrected chi connectivity index (χ1v) is 14.2. The molecule has 2 N–H and O–H groups in total. The van der Waals surface area contributed by atoms with Crippen LogP contribution in [0, 0.1) is 24.5 Å². The Balaban J connectivity index is 1.38. The largest absolute Gasteiger partial charge is 0.485 e. The number of aryl methyl sites for hydroxylation is 1. The normalized spacial score (nSPS) is 19.9. The maximum atomic E-state index is 15.1. The summed E-state index contributed by atoms with van der Waals surface area (Å²) in [7, 11) is 0. The lowest BCUT2D eigenvalue weighted by atomic mass is 9.88. The maximum absolute atomic E-state index is 15.1. The predicted molar refractivity (Wildman–Crippen MR) is 152 cm³/mol. The van der Waals surface area contributed by atoms with E-state index in [2.05, 4.69) is 22.3 Å². The van der Waals surface area contributed by atoms with Crippen molar-refractivity contribution in [3.63, 3.8) is 0 Å². The fourth-order valence-electron chi connectivity index (χ4n) is 6.03. The highest BCUT2D eigenvalue weighted by molar-refractivity contribution is 5.71. The molecule has 2 aliphatic rings. The number of nitrogens with one attached hydrogen (secondary N) is 1. The van der Waals surface area contributed by atoms with Gasteiger partial charge in [-0.2, -0.15) is 0 Å². The van der Waals surface area contributed by atoms with Gasteiger partial charge >= 0.3 is 5.97 Å². The number of aliphatic carboxylic acids is 1. The number of piperidine rings is 2. The number of rotatable bonds is 8. The number of hydrogen-bond acceptors (Lipinski definition) is 5. The standard InChI is InChI=1S/C32H37F2N3O3/c1-3-26-16-23(32(38)39)11-14-37(26)30-6-4-5-29(36-30)27-17-25(33)18-28(34)31(27)40-19-24-8-7-22(15-20(24)2)21-9-12-35-13-10-21/h4-8,15,17-18,21,23,26,35H,3,9-14,16,19H2,1-2H3,(H,38,39). The molecular weight excluding hydrogens is 512 g/mol. The Bertz CT molecular complexity index is 1360. The van der Waals surface area contributed by atoms with Crippen molar-refractivity contribution in [3.8, 4) is 17.0 Å². The molecule has 0 aliphatic carbocycles. The van der Waals surface area contributed by atoms with E-state index in [0.29, 0.717) is 36.8 Å². The summed E-state index contributed by atoms with van der Waals surface area (Å²) >= 11 is 0. The summed E-state index contributed by atoms with van der Waals surface area (Å²) in [6.45, 7) is 6.81. The van der Waals surface area contributed by atoms with Crippen LogP contribution in [-0.4, -0.2) is 41.7 Å². The first kappa shape index (κ1) is 28.0. The third-order valence-corrected chi connectivity index (χ3v) is 8.40. The topological polar surface area (TPSA) is 74.7 Å². The quantitative estimate of drug-likeness (QED) is 0.336. The third-order valence-electron chi connectivity index (χ3n) is 8.40. The van der Waals surface area contributed by atoms with E-state index in [1.807, 2.05) is 32.0 Å². The number of carboxylic acid groups (broad SMARTS) is 1. The number of benzene rings is 2. The van der Waals surface area contributed by atoms with Gasteiger partial charge in [0, 0.05) is 24.2 Å². The van der Waals surface area contributed by atoms with Crippen molar-refractivity contribution in [3.05, 3.63) is 76.9 Å². The van der Waals surface area contributed by atoms with Crippen molar-refractivity contribution < 1.29 is 23.4 Å². The SMILES string of the molecule is CCC1CC(C(=O)O)CCN1c1cccc(-c2cc(F)cc(F)c2OCc2ccc(C3CCNCC3)cc2C)n1. The van der Waals surface area contributed by atoms with E-state index in [9.17, 15) is 14.3 Å². The van der Waals surface area contributed by atoms with Gasteiger partial charge in [0.05, 0.1) is 11.6 Å². The first-order valence-electron chi connectivity index (χ1n) is 14.2. The molecule has 2 aliphatic heterocycles. The fourth-order valence-corrected chi connectivity index (χ4v) is 6.03. The molecule has 2 fully saturated rings. The van der Waals surface area contributed by atoms with Gasteiger partial charge in [-0.25, -0.2) is 13.8 Å². The van der Waals surface area contributed by atoms with Crippen LogP contribution in [0.25, 0.3) is 11.3 Å². The van der Waals surface area contributed by atoms with E-state index in [1.165, 1.54) is 11.6 Å². The smallest absolute Gasteiger partial charge is 0.306 e. The van der Waals surface area contributed by atoms with Crippen LogP contribution in [0.5, 0.6) is 5.75 Å². The average molecular weight is 550 g/mol. The summed E-state index contributed by atoms with van der Waals surface area (Å²) in [5, 5.41) is 12.9. The van der Waals surface area contributed by atoms with Gasteiger partial charge in [0.15, 0.2) is 11.6 Å². The monoisotopic (exact) mass is 549 g/mol. The number of halogens is 2. The molecule has 6 nitrogen and oxygen atoms in total. The van der Waals surface area contributed by atoms with Gasteiger partial charge in [-0.3, -0.25) is 4.79 Å². The second-order valence-electron chi connectivity index (χ2n) is 11.0. The van der Waals surface area contributed by atoms with E-state index in [4.69, 9.17) is 9.72 Å². The molecule has 212 valence electrons. The summed E-state index contributed by atoms with van der Waals surface area (Å²) in [6.07, 6.45) is 4.06. The summed E-state index contributed by atoms with van der Waals surface area (Å²) in [5.41, 5.74) is 3.99. The molecule has 2 unspecified atom stereocenters. The fraction of sp³-hybridized carbons (Fsp3) is 0.438. The van der Waals surface area contributed by atoms with Crippen LogP contribution < -0.4 is 15.0 Å². The van der Waals surface area contributed by atoms with Crippen molar-refractivity contribution in [2.24, 2.45) is 5.92 Å². The molecule has 0 radical (unpaired) electrons. The lowest BCUT2D eigenvalue weighted by Crippen LogP contribution is -2.44. The van der Waals surface area contributed by atoms with E-state index in [0.717, 1.165) is 49.5 Å². The van der Waals surface area contributed by atoms with E-state index in [1.54, 1.807) is 6.07 Å². The molecule has 2 saturated heterocycles. The van der Waals surface area contributed by atoms with Crippen LogP contribution in [0.1, 0.15) is 61.6 Å². The molecule has 3 heterocycles. The molecule has 0 saturated carbocycles. The van der Waals surface area contributed by atoms with Crippen LogP contribution in [0.15, 0.2) is 48.5 Å². The van der Waals surface area contributed by atoms with E-state index in [-0.39, 0.29) is 29.9 Å². The number of nitrogens with zero attached hydrogens (tertiary/aromatic N) is 2. The van der Waals surface area contributed by atoms with Gasteiger partial charge in [0.25, 0.3) is 0 Å². The Morgan fingerprint density at radius 1 is 1.12 bits per heavy atom. The highest BCUT2D eigenvalue weighted by atomic mass is 19.1. The minimum absolute atomic E-state index is 0.0217. The Morgan fingerprint density at radius 3 is 2.65 bits per heavy atom. The van der Waals surface area contributed by atoms with E-state index >= 15 is 4.39 Å². The highest BCUT2D eigenvalue weighted by Crippen LogP contribution is 2.36. The molecule has 3 aromatic rings. The van der Waals surface area contributed by atoms with Crippen molar-refractivity contribution in [2.45, 2.75) is 64.5 Å². The summed E-state index contributed by atoms with van der Waals surface area (Å²) < 4.78 is 35.6. The molecule has 0 bridgehead atoms. The van der Waals surface area contributed by atoms with Crippen LogP contribution >= 0.6 is 0 Å². The number of ether oxygens (including phenoxy) is 1. The number of aromatic nitrogens is 1. The molecule has 2 atom stereocenters. The lowest BCUT2D eigenvalue weighted by molar-refractivity contribution is -0.142. The molecule has 8 heteroatoms. The molecule has 5 rings (SSSR count). The highest BCUT2D eigenvalue weighted by Gasteiger charge is 2.32. The van der Waals surface area contributed by atoms with Crippen LogP contribution in [0.4, 0.5) is 14.6 Å². The van der Waals surface area contributed by atoms with Gasteiger partial charge in [0.2, 0.25) is 0 Å².